The van der Waals surface area contributed by atoms with Crippen LogP contribution in [0.3, 0.4) is 0 Å². The molecule has 100 valence electrons. The number of hydrogen-bond donors (Lipinski definition) is 1. The lowest BCUT2D eigenvalue weighted by Gasteiger charge is -2.36. The van der Waals surface area contributed by atoms with E-state index >= 15 is 0 Å². The molecule has 2 aliphatic rings. The van der Waals surface area contributed by atoms with E-state index in [1.54, 1.807) is 0 Å². The van der Waals surface area contributed by atoms with Crippen molar-refractivity contribution in [2.75, 3.05) is 6.61 Å². The highest BCUT2D eigenvalue weighted by atomic mass is 28.4. The number of ether oxygens (including phenoxy) is 1. The van der Waals surface area contributed by atoms with Crippen LogP contribution in [-0.4, -0.2) is 38.3 Å². The van der Waals surface area contributed by atoms with Crippen molar-refractivity contribution in [2.45, 2.75) is 70.1 Å². The highest BCUT2D eigenvalue weighted by Crippen LogP contribution is 2.45. The monoisotopic (exact) mass is 258 g/mol. The first kappa shape index (κ1) is 13.5. The molecule has 0 aromatic rings. The van der Waals surface area contributed by atoms with E-state index in [1.807, 2.05) is 0 Å². The molecule has 17 heavy (non-hydrogen) atoms. The summed E-state index contributed by atoms with van der Waals surface area (Å²) in [6.45, 7) is 12.2. The van der Waals surface area contributed by atoms with Gasteiger partial charge in [0, 0.05) is 6.61 Å². The molecule has 0 radical (unpaired) electrons. The SMILES string of the molecule is CC(C)(C)[Si](C)(C)OCC[C@H]1C[C@H](O)[C@H]2O[C@@H]12. The molecule has 1 heterocycles. The second kappa shape index (κ2) is 4.33. The van der Waals surface area contributed by atoms with E-state index < -0.39 is 8.32 Å². The molecule has 2 fully saturated rings. The smallest absolute Gasteiger partial charge is 0.191 e. The maximum Gasteiger partial charge on any atom is 0.191 e. The summed E-state index contributed by atoms with van der Waals surface area (Å²) in [6, 6.07) is 0. The van der Waals surface area contributed by atoms with Gasteiger partial charge in [-0.3, -0.25) is 0 Å². The van der Waals surface area contributed by atoms with Gasteiger partial charge in [-0.25, -0.2) is 0 Å². The van der Waals surface area contributed by atoms with Crippen molar-refractivity contribution in [3.63, 3.8) is 0 Å². The van der Waals surface area contributed by atoms with Crippen LogP contribution < -0.4 is 0 Å². The zero-order valence-electron chi connectivity index (χ0n) is 11.7. The summed E-state index contributed by atoms with van der Waals surface area (Å²) in [6.07, 6.45) is 2.18. The lowest BCUT2D eigenvalue weighted by Crippen LogP contribution is -2.41. The molecule has 4 atom stereocenters. The van der Waals surface area contributed by atoms with Crippen LogP contribution >= 0.6 is 0 Å². The van der Waals surface area contributed by atoms with E-state index in [9.17, 15) is 5.11 Å². The fraction of sp³-hybridized carbons (Fsp3) is 1.00. The summed E-state index contributed by atoms with van der Waals surface area (Å²) in [7, 11) is -1.61. The quantitative estimate of drug-likeness (QED) is 0.622. The average Bonchev–Trinajstić information content (AvgIpc) is 2.88. The Balaban J connectivity index is 1.73. The van der Waals surface area contributed by atoms with Crippen molar-refractivity contribution < 1.29 is 14.3 Å². The van der Waals surface area contributed by atoms with Gasteiger partial charge in [-0.1, -0.05) is 20.8 Å². The van der Waals surface area contributed by atoms with Crippen LogP contribution in [0, 0.1) is 5.92 Å². The van der Waals surface area contributed by atoms with Gasteiger partial charge in [0.2, 0.25) is 0 Å². The van der Waals surface area contributed by atoms with E-state index in [4.69, 9.17) is 9.16 Å². The van der Waals surface area contributed by atoms with Crippen LogP contribution in [0.25, 0.3) is 0 Å². The van der Waals surface area contributed by atoms with Gasteiger partial charge in [-0.2, -0.15) is 0 Å². The first-order chi connectivity index (χ1) is 7.72. The number of hydrogen-bond acceptors (Lipinski definition) is 3. The molecule has 1 N–H and O–H groups in total. The zero-order valence-corrected chi connectivity index (χ0v) is 12.7. The van der Waals surface area contributed by atoms with Gasteiger partial charge in [-0.15, -0.1) is 0 Å². The van der Waals surface area contributed by atoms with Crippen molar-refractivity contribution >= 4 is 8.32 Å². The Bertz CT molecular complexity index is 285. The Morgan fingerprint density at radius 1 is 1.29 bits per heavy atom. The Kier molecular flexibility index (Phi) is 3.45. The molecule has 1 saturated heterocycles. The van der Waals surface area contributed by atoms with E-state index in [0.717, 1.165) is 19.4 Å². The number of fused-ring (bicyclic) bond motifs is 1. The molecule has 4 heteroatoms. The van der Waals surface area contributed by atoms with Crippen molar-refractivity contribution in [1.82, 2.24) is 0 Å². The van der Waals surface area contributed by atoms with Gasteiger partial charge in [0.1, 0.15) is 6.10 Å². The Hall–Kier alpha value is 0.0969. The molecule has 0 aromatic heterocycles. The minimum Gasteiger partial charge on any atom is -0.417 e. The fourth-order valence-corrected chi connectivity index (χ4v) is 3.43. The van der Waals surface area contributed by atoms with Crippen LogP contribution in [0.5, 0.6) is 0 Å². The maximum absolute atomic E-state index is 9.64. The average molecular weight is 258 g/mol. The molecule has 0 bridgehead atoms. The summed E-state index contributed by atoms with van der Waals surface area (Å²) >= 11 is 0. The van der Waals surface area contributed by atoms with E-state index in [-0.39, 0.29) is 17.2 Å². The first-order valence-electron chi connectivity index (χ1n) is 6.70. The summed E-state index contributed by atoms with van der Waals surface area (Å²) < 4.78 is 11.6. The predicted octanol–water partition coefficient (Wildman–Crippen LogP) is 2.55. The van der Waals surface area contributed by atoms with E-state index in [1.165, 1.54) is 0 Å². The van der Waals surface area contributed by atoms with E-state index in [2.05, 4.69) is 33.9 Å². The topological polar surface area (TPSA) is 42.0 Å². The molecular formula is C13H26O3Si. The summed E-state index contributed by atoms with van der Waals surface area (Å²) in [4.78, 5) is 0. The third-order valence-electron chi connectivity index (χ3n) is 4.71. The van der Waals surface area contributed by atoms with Crippen molar-refractivity contribution in [1.29, 1.82) is 0 Å². The summed E-state index contributed by atoms with van der Waals surface area (Å²) in [5, 5.41) is 9.92. The van der Waals surface area contributed by atoms with Gasteiger partial charge in [-0.05, 0) is 36.9 Å². The molecule has 1 aliphatic carbocycles. The molecule has 1 saturated carbocycles. The highest BCUT2D eigenvalue weighted by Gasteiger charge is 2.55. The predicted molar refractivity (Wildman–Crippen MR) is 70.5 cm³/mol. The van der Waals surface area contributed by atoms with Gasteiger partial charge < -0.3 is 14.3 Å². The van der Waals surface area contributed by atoms with Crippen molar-refractivity contribution in [2.24, 2.45) is 5.92 Å². The van der Waals surface area contributed by atoms with Gasteiger partial charge in [0.25, 0.3) is 0 Å². The number of epoxide rings is 1. The Morgan fingerprint density at radius 3 is 2.35 bits per heavy atom. The fourth-order valence-electron chi connectivity index (χ4n) is 2.37. The Morgan fingerprint density at radius 2 is 1.94 bits per heavy atom. The third-order valence-corrected chi connectivity index (χ3v) is 9.25. The first-order valence-corrected chi connectivity index (χ1v) is 9.61. The highest BCUT2D eigenvalue weighted by molar-refractivity contribution is 6.74. The van der Waals surface area contributed by atoms with Gasteiger partial charge >= 0.3 is 0 Å². The summed E-state index contributed by atoms with van der Waals surface area (Å²) in [5.74, 6) is 0.514. The lowest BCUT2D eigenvalue weighted by atomic mass is 10.0. The largest absolute Gasteiger partial charge is 0.417 e. The molecule has 0 aromatic carbocycles. The molecule has 0 amide bonds. The molecule has 0 spiro atoms. The second-order valence-electron chi connectivity index (χ2n) is 7.03. The second-order valence-corrected chi connectivity index (χ2v) is 11.8. The van der Waals surface area contributed by atoms with Crippen LogP contribution in [-0.2, 0) is 9.16 Å². The standard InChI is InChI=1S/C13H26O3Si/c1-13(2,3)17(4,5)15-7-6-9-8-10(14)12-11(9)16-12/h9-12,14H,6-8H2,1-5H3/t9-,10-,11-,12+/m0/s1. The minimum atomic E-state index is -1.61. The van der Waals surface area contributed by atoms with E-state index in [0.29, 0.717) is 12.0 Å². The van der Waals surface area contributed by atoms with Crippen molar-refractivity contribution in [3.8, 4) is 0 Å². The number of aliphatic hydroxyl groups is 1. The van der Waals surface area contributed by atoms with Crippen LogP contribution in [0.4, 0.5) is 0 Å². The molecule has 2 rings (SSSR count). The number of aliphatic hydroxyl groups excluding tert-OH is 1. The van der Waals surface area contributed by atoms with Crippen LogP contribution in [0.15, 0.2) is 0 Å². The molecule has 1 aliphatic heterocycles. The lowest BCUT2D eigenvalue weighted by molar-refractivity contribution is 0.0927. The van der Waals surface area contributed by atoms with Gasteiger partial charge in [0.15, 0.2) is 8.32 Å². The third kappa shape index (κ3) is 2.75. The molecule has 0 unspecified atom stereocenters. The normalized spacial score (nSPS) is 37.1. The van der Waals surface area contributed by atoms with Crippen LogP contribution in [0.1, 0.15) is 33.6 Å². The summed E-state index contributed by atoms with van der Waals surface area (Å²) in [5.41, 5.74) is 0. The minimum absolute atomic E-state index is 0.146. The molecular weight excluding hydrogens is 232 g/mol. The zero-order chi connectivity index (χ0) is 12.8. The molecule has 3 nitrogen and oxygen atoms in total. The Labute approximate surface area is 106 Å². The van der Waals surface area contributed by atoms with Crippen molar-refractivity contribution in [3.05, 3.63) is 0 Å². The van der Waals surface area contributed by atoms with Gasteiger partial charge in [0.05, 0.1) is 12.2 Å². The number of rotatable bonds is 4. The van der Waals surface area contributed by atoms with Crippen LogP contribution in [0.2, 0.25) is 18.1 Å². The maximum atomic E-state index is 9.64.